The van der Waals surface area contributed by atoms with Crippen molar-refractivity contribution in [2.45, 2.75) is 69.4 Å². The van der Waals surface area contributed by atoms with Crippen LogP contribution in [0, 0.1) is 0 Å². The summed E-state index contributed by atoms with van der Waals surface area (Å²) in [5.74, 6) is -0.215. The van der Waals surface area contributed by atoms with Crippen molar-refractivity contribution in [1.82, 2.24) is 61.0 Å². The number of anilines is 2. The van der Waals surface area contributed by atoms with Crippen molar-refractivity contribution in [2.75, 3.05) is 31.0 Å². The molecule has 4 heterocycles. The second kappa shape index (κ2) is 23.4. The summed E-state index contributed by atoms with van der Waals surface area (Å²) < 4.78 is 27.5. The number of sulfone groups is 1. The van der Waals surface area contributed by atoms with E-state index in [-0.39, 0.29) is 47.1 Å². The molecule has 6 rings (SSSR count). The first-order chi connectivity index (χ1) is 30.3. The van der Waals surface area contributed by atoms with E-state index in [1.54, 1.807) is 66.2 Å². The molecule has 0 fully saturated rings. The quantitative estimate of drug-likeness (QED) is 0.0849. The van der Waals surface area contributed by atoms with Gasteiger partial charge < -0.3 is 21.3 Å². The molecule has 63 heavy (non-hydrogen) atoms. The summed E-state index contributed by atoms with van der Waals surface area (Å²) in [6.07, 6.45) is 9.53. The molecule has 0 unspecified atom stereocenters. The molecule has 0 aliphatic carbocycles. The molecule has 0 saturated heterocycles. The van der Waals surface area contributed by atoms with Crippen LogP contribution in [0.4, 0.5) is 11.6 Å². The number of aryl methyl sites for hydroxylation is 4. The van der Waals surface area contributed by atoms with Gasteiger partial charge in [-0.15, -0.1) is 20.4 Å². The fourth-order valence-corrected chi connectivity index (χ4v) is 6.97. The fraction of sp³-hybridized carbons (Fsp3) is 0.317. The highest BCUT2D eigenvalue weighted by atomic mass is 79.9. The minimum absolute atomic E-state index is 0.0245. The molecule has 2 aromatic carbocycles. The number of carbonyl (C=O) groups excluding carboxylic acids is 4. The first kappa shape index (κ1) is 47.2. The van der Waals surface area contributed by atoms with Gasteiger partial charge in [-0.25, -0.2) is 8.42 Å². The second-order valence-corrected chi connectivity index (χ2v) is 17.1. The predicted molar refractivity (Wildman–Crippen MR) is 235 cm³/mol. The van der Waals surface area contributed by atoms with Crippen molar-refractivity contribution in [3.63, 3.8) is 0 Å². The number of aromatic nitrogens is 10. The Hall–Kier alpha value is -6.81. The van der Waals surface area contributed by atoms with Crippen LogP contribution in [0.5, 0.6) is 0 Å². The Morgan fingerprint density at radius 2 is 1.08 bits per heavy atom. The SMILES string of the molecule is CNC(=O)c1cn(CCCCc2ccc(NC(=O)Cc3cccc(Br)c3)nn2)nn1.CNC(=O)c1cn(CCCCc2ccc(NC(=O)Cc3cccc(S(C)(=O)=O)c3)nn2)nn1. The molecule has 4 N–H and O–H groups in total. The molecule has 0 radical (unpaired) electrons. The Balaban J connectivity index is 0.000000239. The van der Waals surface area contributed by atoms with Gasteiger partial charge in [-0.2, -0.15) is 10.2 Å². The number of unbranched alkanes of at least 4 members (excludes halogenated alkanes) is 2. The van der Waals surface area contributed by atoms with Gasteiger partial charge in [0.05, 0.1) is 41.5 Å². The van der Waals surface area contributed by atoms with E-state index in [2.05, 4.69) is 78.2 Å². The van der Waals surface area contributed by atoms with E-state index < -0.39 is 9.84 Å². The van der Waals surface area contributed by atoms with Gasteiger partial charge in [0.2, 0.25) is 11.8 Å². The zero-order valence-corrected chi connectivity index (χ0v) is 37.3. The molecule has 0 saturated carbocycles. The van der Waals surface area contributed by atoms with Crippen LogP contribution in [0.1, 0.15) is 69.2 Å². The normalized spacial score (nSPS) is 10.9. The number of carbonyl (C=O) groups is 4. The highest BCUT2D eigenvalue weighted by Gasteiger charge is 2.13. The third-order valence-electron chi connectivity index (χ3n) is 9.06. The van der Waals surface area contributed by atoms with Gasteiger partial charge in [0, 0.05) is 37.9 Å². The number of benzene rings is 2. The summed E-state index contributed by atoms with van der Waals surface area (Å²) >= 11 is 3.40. The van der Waals surface area contributed by atoms with Crippen LogP contribution in [-0.2, 0) is 58.2 Å². The summed E-state index contributed by atoms with van der Waals surface area (Å²) in [6, 6.07) is 21.0. The van der Waals surface area contributed by atoms with Crippen molar-refractivity contribution >= 4 is 61.0 Å². The van der Waals surface area contributed by atoms with Crippen molar-refractivity contribution in [2.24, 2.45) is 0 Å². The molecule has 22 heteroatoms. The highest BCUT2D eigenvalue weighted by Crippen LogP contribution is 2.15. The van der Waals surface area contributed by atoms with Crippen LogP contribution in [-0.4, -0.2) is 103 Å². The molecule has 6 aromatic rings. The molecular formula is C41H47BrN14O6S. The Morgan fingerprint density at radius 3 is 1.51 bits per heavy atom. The number of hydrogen-bond acceptors (Lipinski definition) is 14. The first-order valence-corrected chi connectivity index (χ1v) is 22.5. The van der Waals surface area contributed by atoms with E-state index >= 15 is 0 Å². The number of nitrogens with one attached hydrogen (secondary N) is 4. The molecule has 0 bridgehead atoms. The maximum Gasteiger partial charge on any atom is 0.273 e. The number of hydrogen-bond donors (Lipinski definition) is 4. The first-order valence-electron chi connectivity index (χ1n) is 19.8. The Bertz CT molecular complexity index is 2580. The largest absolute Gasteiger partial charge is 0.354 e. The standard InChI is InChI=1S/C21H25N7O4S.C20H22BrN7O2/c1-22-21(30)18-14-28(27-25-18)11-4-3-7-16-9-10-19(26-24-16)23-20(29)13-15-6-5-8-17(12-15)33(2,31)32;1-22-20(30)17-13-28(27-25-17)10-3-2-7-16-8-9-18(26-24-16)23-19(29)12-14-5-4-6-15(21)11-14/h5-6,8-10,12,14H,3-4,7,11,13H2,1-2H3,(H,22,30)(H,23,26,29);4-6,8-9,11,13H,2-3,7,10,12H2,1H3,(H,22,30)(H,23,26,29). The van der Waals surface area contributed by atoms with Gasteiger partial charge in [-0.05, 0) is 98.2 Å². The van der Waals surface area contributed by atoms with Gasteiger partial charge in [0.25, 0.3) is 11.8 Å². The lowest BCUT2D eigenvalue weighted by atomic mass is 10.1. The summed E-state index contributed by atoms with van der Waals surface area (Å²) in [6.45, 7) is 1.30. The maximum absolute atomic E-state index is 12.3. The van der Waals surface area contributed by atoms with E-state index in [1.165, 1.54) is 12.1 Å². The number of amides is 4. The predicted octanol–water partition coefficient (Wildman–Crippen LogP) is 3.43. The second-order valence-electron chi connectivity index (χ2n) is 14.1. The summed E-state index contributed by atoms with van der Waals surface area (Å²) in [5.41, 5.74) is 3.74. The Labute approximate surface area is 372 Å². The maximum atomic E-state index is 12.3. The summed E-state index contributed by atoms with van der Waals surface area (Å²) in [5, 5.41) is 42.4. The van der Waals surface area contributed by atoms with Crippen molar-refractivity contribution in [3.8, 4) is 0 Å². The van der Waals surface area contributed by atoms with Crippen molar-refractivity contribution < 1.29 is 27.6 Å². The van der Waals surface area contributed by atoms with Crippen LogP contribution in [0.3, 0.4) is 0 Å². The zero-order valence-electron chi connectivity index (χ0n) is 34.9. The van der Waals surface area contributed by atoms with Crippen molar-refractivity contribution in [1.29, 1.82) is 0 Å². The van der Waals surface area contributed by atoms with E-state index in [9.17, 15) is 27.6 Å². The van der Waals surface area contributed by atoms with Crippen LogP contribution in [0.25, 0.3) is 0 Å². The minimum Gasteiger partial charge on any atom is -0.354 e. The van der Waals surface area contributed by atoms with Crippen molar-refractivity contribution in [3.05, 3.63) is 124 Å². The van der Waals surface area contributed by atoms with Crippen LogP contribution >= 0.6 is 15.9 Å². The molecule has 20 nitrogen and oxygen atoms in total. The van der Waals surface area contributed by atoms with Gasteiger partial charge in [0.1, 0.15) is 0 Å². The number of halogens is 1. The minimum atomic E-state index is -3.33. The summed E-state index contributed by atoms with van der Waals surface area (Å²) in [7, 11) is -0.234. The average molecular weight is 944 g/mol. The summed E-state index contributed by atoms with van der Waals surface area (Å²) in [4.78, 5) is 47.6. The molecule has 0 spiro atoms. The van der Waals surface area contributed by atoms with E-state index in [1.807, 2.05) is 30.3 Å². The Morgan fingerprint density at radius 1 is 0.603 bits per heavy atom. The van der Waals surface area contributed by atoms with Gasteiger partial charge >= 0.3 is 0 Å². The fourth-order valence-electron chi connectivity index (χ4n) is 5.84. The Kier molecular flexibility index (Phi) is 17.6. The van der Waals surface area contributed by atoms with Crippen LogP contribution in [0.15, 0.2) is 94.6 Å². The van der Waals surface area contributed by atoms with E-state index in [0.29, 0.717) is 42.4 Å². The van der Waals surface area contributed by atoms with Crippen LogP contribution < -0.4 is 21.3 Å². The topological polar surface area (TPSA) is 264 Å². The monoisotopic (exact) mass is 942 g/mol. The lowest BCUT2D eigenvalue weighted by Crippen LogP contribution is -2.18. The molecule has 4 aromatic heterocycles. The highest BCUT2D eigenvalue weighted by molar-refractivity contribution is 9.10. The molecule has 330 valence electrons. The van der Waals surface area contributed by atoms with Crippen LogP contribution in [0.2, 0.25) is 0 Å². The lowest BCUT2D eigenvalue weighted by molar-refractivity contribution is -0.116. The van der Waals surface area contributed by atoms with E-state index in [4.69, 9.17) is 0 Å². The molecule has 4 amide bonds. The van der Waals surface area contributed by atoms with E-state index in [0.717, 1.165) is 59.8 Å². The number of nitrogens with zero attached hydrogens (tertiary/aromatic N) is 10. The average Bonchev–Trinajstić information content (AvgIpc) is 3.95. The third-order valence-corrected chi connectivity index (χ3v) is 10.7. The third kappa shape index (κ3) is 15.9. The molecule has 0 aliphatic rings. The van der Waals surface area contributed by atoms with Gasteiger partial charge in [-0.1, -0.05) is 50.6 Å². The van der Waals surface area contributed by atoms with Gasteiger partial charge in [0.15, 0.2) is 32.9 Å². The molecule has 0 aliphatic heterocycles. The zero-order chi connectivity index (χ0) is 45.2. The van der Waals surface area contributed by atoms with Gasteiger partial charge in [-0.3, -0.25) is 28.5 Å². The smallest absolute Gasteiger partial charge is 0.273 e. The number of rotatable bonds is 19. The lowest BCUT2D eigenvalue weighted by Gasteiger charge is -2.06. The molecule has 0 atom stereocenters. The molecular weight excluding hydrogens is 897 g/mol.